The van der Waals surface area contributed by atoms with E-state index in [0.717, 1.165) is 6.67 Å². The van der Waals surface area contributed by atoms with E-state index in [-0.39, 0.29) is 0 Å². The molecule has 1 N–H and O–H groups in total. The van der Waals surface area contributed by atoms with Crippen molar-refractivity contribution in [2.45, 2.75) is 71.1 Å². The van der Waals surface area contributed by atoms with Gasteiger partial charge in [-0.25, -0.2) is 0 Å². The van der Waals surface area contributed by atoms with E-state index >= 15 is 0 Å². The number of hydrogen-bond acceptors (Lipinski definition) is 4. The molecule has 1 heterocycles. The lowest BCUT2D eigenvalue weighted by atomic mass is 10.1. The zero-order valence-corrected chi connectivity index (χ0v) is 14.3. The van der Waals surface area contributed by atoms with Crippen molar-refractivity contribution >= 4 is 0 Å². The number of nitrogens with zero attached hydrogens (tertiary/aromatic N) is 2. The van der Waals surface area contributed by atoms with Gasteiger partial charge in [-0.1, -0.05) is 64.7 Å². The van der Waals surface area contributed by atoms with Crippen molar-refractivity contribution in [3.63, 3.8) is 0 Å². The SMILES string of the molecule is CCCCCCCCCCCCN1C=C[NH+](C)C1.O=[N+]([O-])[O-]. The Hall–Kier alpha value is -1.30. The van der Waals surface area contributed by atoms with Crippen LogP contribution in [0.2, 0.25) is 0 Å². The second-order valence-electron chi connectivity index (χ2n) is 6.04. The Bertz CT molecular complexity index is 294. The van der Waals surface area contributed by atoms with E-state index < -0.39 is 5.09 Å². The van der Waals surface area contributed by atoms with Crippen LogP contribution >= 0.6 is 0 Å². The first-order chi connectivity index (χ1) is 10.6. The molecule has 0 aromatic rings. The summed E-state index contributed by atoms with van der Waals surface area (Å²) >= 11 is 0. The van der Waals surface area contributed by atoms with E-state index in [0.29, 0.717) is 0 Å². The summed E-state index contributed by atoms with van der Waals surface area (Å²) in [6, 6.07) is 0. The highest BCUT2D eigenvalue weighted by Gasteiger charge is 2.11. The van der Waals surface area contributed by atoms with Crippen molar-refractivity contribution < 1.29 is 9.99 Å². The van der Waals surface area contributed by atoms with E-state index in [1.54, 1.807) is 0 Å². The van der Waals surface area contributed by atoms with Gasteiger partial charge in [0.05, 0.1) is 18.3 Å². The molecule has 0 saturated heterocycles. The molecule has 0 aliphatic carbocycles. The van der Waals surface area contributed by atoms with E-state index in [9.17, 15) is 0 Å². The largest absolute Gasteiger partial charge is 0.356 e. The summed E-state index contributed by atoms with van der Waals surface area (Å²) in [6.45, 7) is 4.70. The molecule has 0 saturated carbocycles. The Labute approximate surface area is 134 Å². The molecule has 0 amide bonds. The maximum absolute atomic E-state index is 8.25. The van der Waals surface area contributed by atoms with E-state index in [2.05, 4.69) is 31.3 Å². The maximum Gasteiger partial charge on any atom is 0.156 e. The van der Waals surface area contributed by atoms with Gasteiger partial charge in [0.15, 0.2) is 6.67 Å². The molecule has 1 aliphatic heterocycles. The van der Waals surface area contributed by atoms with Crippen LogP contribution in [0.4, 0.5) is 0 Å². The minimum atomic E-state index is -1.75. The van der Waals surface area contributed by atoms with Gasteiger partial charge < -0.3 is 20.2 Å². The van der Waals surface area contributed by atoms with E-state index in [4.69, 9.17) is 15.3 Å². The zero-order chi connectivity index (χ0) is 16.6. The topological polar surface area (TPSA) is 73.9 Å². The van der Waals surface area contributed by atoms with Crippen LogP contribution in [0.3, 0.4) is 0 Å². The van der Waals surface area contributed by atoms with Crippen molar-refractivity contribution in [1.82, 2.24) is 4.90 Å². The average molecular weight is 315 g/mol. The van der Waals surface area contributed by atoms with Crippen molar-refractivity contribution in [1.29, 1.82) is 0 Å². The normalized spacial score (nSPS) is 16.5. The first kappa shape index (κ1) is 20.7. The fourth-order valence-corrected chi connectivity index (χ4v) is 2.61. The lowest BCUT2D eigenvalue weighted by Crippen LogP contribution is -3.03. The highest BCUT2D eigenvalue weighted by Crippen LogP contribution is 2.10. The van der Waals surface area contributed by atoms with Crippen LogP contribution in [-0.4, -0.2) is 30.2 Å². The van der Waals surface area contributed by atoms with E-state index in [1.807, 2.05) is 0 Å². The standard InChI is InChI=1S/C16H32N2.NO3/c1-3-4-5-6-7-8-9-10-11-12-13-18-15-14-17(2)16-18;2-1(3)4/h14-15H,3-13,16H2,1-2H3;/q;-1/p+1. The molecule has 6 nitrogen and oxygen atoms in total. The number of rotatable bonds is 11. The van der Waals surface area contributed by atoms with Gasteiger partial charge in [-0.15, -0.1) is 0 Å². The lowest BCUT2D eigenvalue weighted by Gasteiger charge is -2.14. The molecule has 130 valence electrons. The molecule has 0 aromatic heterocycles. The molecule has 0 fully saturated rings. The minimum absolute atomic E-state index is 1.16. The minimum Gasteiger partial charge on any atom is -0.356 e. The van der Waals surface area contributed by atoms with Crippen LogP contribution in [0, 0.1) is 15.3 Å². The third kappa shape index (κ3) is 15.1. The molecule has 1 rings (SSSR count). The summed E-state index contributed by atoms with van der Waals surface area (Å²) in [5.74, 6) is 0. The number of quaternary nitrogens is 1. The zero-order valence-electron chi connectivity index (χ0n) is 14.3. The summed E-state index contributed by atoms with van der Waals surface area (Å²) in [6.07, 6.45) is 18.8. The molecule has 0 radical (unpaired) electrons. The summed E-state index contributed by atoms with van der Waals surface area (Å²) in [4.78, 5) is 12.2. The number of unbranched alkanes of at least 4 members (excludes halogenated alkanes) is 9. The van der Waals surface area contributed by atoms with Crippen LogP contribution < -0.4 is 4.90 Å². The van der Waals surface area contributed by atoms with E-state index in [1.165, 1.54) is 75.7 Å². The smallest absolute Gasteiger partial charge is 0.156 e. The van der Waals surface area contributed by atoms with Crippen molar-refractivity contribution in [3.05, 3.63) is 27.7 Å². The third-order valence-corrected chi connectivity index (χ3v) is 3.82. The van der Waals surface area contributed by atoms with Crippen molar-refractivity contribution in [2.75, 3.05) is 20.3 Å². The van der Waals surface area contributed by atoms with Crippen molar-refractivity contribution in [3.8, 4) is 0 Å². The molecule has 1 aliphatic rings. The Morgan fingerprint density at radius 2 is 1.45 bits per heavy atom. The molecule has 22 heavy (non-hydrogen) atoms. The quantitative estimate of drug-likeness (QED) is 0.361. The first-order valence-electron chi connectivity index (χ1n) is 8.62. The first-order valence-corrected chi connectivity index (χ1v) is 8.62. The highest BCUT2D eigenvalue weighted by atomic mass is 16.9. The van der Waals surface area contributed by atoms with Gasteiger partial charge >= 0.3 is 0 Å². The average Bonchev–Trinajstić information content (AvgIpc) is 2.86. The van der Waals surface area contributed by atoms with Crippen LogP contribution in [0.25, 0.3) is 0 Å². The lowest BCUT2D eigenvalue weighted by molar-refractivity contribution is -0.826. The number of hydrogen-bond donors (Lipinski definition) is 1. The monoisotopic (exact) mass is 315 g/mol. The Morgan fingerprint density at radius 1 is 1.00 bits per heavy atom. The summed E-state index contributed by atoms with van der Waals surface area (Å²) in [5, 5.41) is 14.8. The molecule has 1 atom stereocenters. The molecule has 0 spiro atoms. The summed E-state index contributed by atoms with van der Waals surface area (Å²) in [7, 11) is 2.22. The molecule has 0 aromatic carbocycles. The molecule has 1 unspecified atom stereocenters. The Kier molecular flexibility index (Phi) is 13.8. The van der Waals surface area contributed by atoms with Crippen LogP contribution in [-0.2, 0) is 0 Å². The second kappa shape index (κ2) is 14.6. The van der Waals surface area contributed by atoms with Gasteiger partial charge in [0, 0.05) is 6.54 Å². The molecule has 6 heteroatoms. The summed E-state index contributed by atoms with van der Waals surface area (Å²) < 4.78 is 0. The fraction of sp³-hybridized carbons (Fsp3) is 0.875. The predicted molar refractivity (Wildman–Crippen MR) is 89.8 cm³/mol. The van der Waals surface area contributed by atoms with Gasteiger partial charge in [0.1, 0.15) is 6.20 Å². The Morgan fingerprint density at radius 3 is 1.86 bits per heavy atom. The maximum atomic E-state index is 8.25. The van der Waals surface area contributed by atoms with Crippen molar-refractivity contribution in [2.24, 2.45) is 0 Å². The number of nitrogens with one attached hydrogen (secondary N) is 1. The van der Waals surface area contributed by atoms with Crippen LogP contribution in [0.5, 0.6) is 0 Å². The van der Waals surface area contributed by atoms with Gasteiger partial charge in [0.2, 0.25) is 0 Å². The van der Waals surface area contributed by atoms with Gasteiger partial charge in [-0.2, -0.15) is 0 Å². The fourth-order valence-electron chi connectivity index (χ4n) is 2.61. The van der Waals surface area contributed by atoms with Gasteiger partial charge in [0.25, 0.3) is 0 Å². The predicted octanol–water partition coefficient (Wildman–Crippen LogP) is 2.93. The van der Waals surface area contributed by atoms with Gasteiger partial charge in [-0.3, -0.25) is 4.90 Å². The summed E-state index contributed by atoms with van der Waals surface area (Å²) in [5.41, 5.74) is 0. The molecule has 0 bridgehead atoms. The second-order valence-corrected chi connectivity index (χ2v) is 6.04. The molecular formula is C16H33N3O3. The van der Waals surface area contributed by atoms with Crippen LogP contribution in [0.1, 0.15) is 71.1 Å². The third-order valence-electron chi connectivity index (χ3n) is 3.82. The van der Waals surface area contributed by atoms with Crippen LogP contribution in [0.15, 0.2) is 12.4 Å². The molecular weight excluding hydrogens is 282 g/mol. The van der Waals surface area contributed by atoms with Gasteiger partial charge in [-0.05, 0) is 6.42 Å². The Balaban J connectivity index is 0.000000980. The highest BCUT2D eigenvalue weighted by molar-refractivity contribution is 4.77.